The molecule has 0 aromatic heterocycles. The van der Waals surface area contributed by atoms with Gasteiger partial charge in [0.15, 0.2) is 0 Å². The fourth-order valence-corrected chi connectivity index (χ4v) is 2.50. The largest absolute Gasteiger partial charge is 0.330 e. The number of rotatable bonds is 5. The van der Waals surface area contributed by atoms with Gasteiger partial charge < -0.3 is 5.73 Å². The van der Waals surface area contributed by atoms with Gasteiger partial charge in [-0.1, -0.05) is 61.0 Å². The highest BCUT2D eigenvalue weighted by Gasteiger charge is 2.08. The monoisotopic (exact) mass is 253 g/mol. The lowest BCUT2D eigenvalue weighted by molar-refractivity contribution is 0.614. The van der Waals surface area contributed by atoms with Crippen LogP contribution in [0.5, 0.6) is 0 Å². The molecule has 0 saturated carbocycles. The first-order chi connectivity index (χ1) is 9.24. The van der Waals surface area contributed by atoms with E-state index in [4.69, 9.17) is 5.73 Å². The number of nitrogens with two attached hydrogens (primary N) is 1. The maximum absolute atomic E-state index is 5.68. The first-order valence-electron chi connectivity index (χ1n) is 7.11. The van der Waals surface area contributed by atoms with Crippen LogP contribution in [0.1, 0.15) is 36.8 Å². The predicted molar refractivity (Wildman–Crippen MR) is 83.3 cm³/mol. The standard InChI is InChI=1S/C18H23N/c1-3-15(12-13-19)16-8-10-18(11-9-16)17-6-4-14(2)5-7-17/h4-11,15H,3,12-13,19H2,1-2H3. The number of hydrogen-bond acceptors (Lipinski definition) is 1. The van der Waals surface area contributed by atoms with Crippen LogP contribution in [0, 0.1) is 6.92 Å². The molecule has 0 aliphatic carbocycles. The van der Waals surface area contributed by atoms with Crippen molar-refractivity contribution in [1.82, 2.24) is 0 Å². The molecule has 0 fully saturated rings. The van der Waals surface area contributed by atoms with E-state index >= 15 is 0 Å². The van der Waals surface area contributed by atoms with Crippen LogP contribution in [-0.2, 0) is 0 Å². The highest BCUT2D eigenvalue weighted by atomic mass is 14.5. The first kappa shape index (κ1) is 13.8. The molecule has 0 bridgehead atoms. The lowest BCUT2D eigenvalue weighted by Gasteiger charge is -2.14. The zero-order valence-corrected chi connectivity index (χ0v) is 11.9. The molecule has 0 heterocycles. The van der Waals surface area contributed by atoms with E-state index in [9.17, 15) is 0 Å². The molecule has 1 nitrogen and oxygen atoms in total. The Kier molecular flexibility index (Phi) is 4.75. The van der Waals surface area contributed by atoms with E-state index in [1.807, 2.05) is 0 Å². The molecule has 1 heteroatoms. The molecule has 100 valence electrons. The zero-order valence-electron chi connectivity index (χ0n) is 11.9. The van der Waals surface area contributed by atoms with E-state index in [0.29, 0.717) is 5.92 Å². The second-order valence-electron chi connectivity index (χ2n) is 5.17. The van der Waals surface area contributed by atoms with Crippen LogP contribution in [0.2, 0.25) is 0 Å². The molecule has 1 atom stereocenters. The van der Waals surface area contributed by atoms with Gasteiger partial charge in [-0.05, 0) is 48.9 Å². The topological polar surface area (TPSA) is 26.0 Å². The highest BCUT2D eigenvalue weighted by molar-refractivity contribution is 5.64. The molecule has 0 radical (unpaired) electrons. The third-order valence-electron chi connectivity index (χ3n) is 3.77. The van der Waals surface area contributed by atoms with Gasteiger partial charge in [0.25, 0.3) is 0 Å². The van der Waals surface area contributed by atoms with Crippen LogP contribution >= 0.6 is 0 Å². The summed E-state index contributed by atoms with van der Waals surface area (Å²) >= 11 is 0. The van der Waals surface area contributed by atoms with E-state index in [0.717, 1.165) is 19.4 Å². The van der Waals surface area contributed by atoms with Crippen molar-refractivity contribution < 1.29 is 0 Å². The van der Waals surface area contributed by atoms with Crippen molar-refractivity contribution in [1.29, 1.82) is 0 Å². The van der Waals surface area contributed by atoms with Crippen molar-refractivity contribution in [2.75, 3.05) is 6.54 Å². The minimum atomic E-state index is 0.595. The van der Waals surface area contributed by atoms with Crippen LogP contribution in [0.3, 0.4) is 0 Å². The van der Waals surface area contributed by atoms with Crippen molar-refractivity contribution in [3.8, 4) is 11.1 Å². The molecule has 19 heavy (non-hydrogen) atoms. The van der Waals surface area contributed by atoms with Gasteiger partial charge in [-0.15, -0.1) is 0 Å². The van der Waals surface area contributed by atoms with E-state index < -0.39 is 0 Å². The highest BCUT2D eigenvalue weighted by Crippen LogP contribution is 2.26. The van der Waals surface area contributed by atoms with E-state index in [1.54, 1.807) is 0 Å². The Hall–Kier alpha value is -1.60. The third-order valence-corrected chi connectivity index (χ3v) is 3.77. The summed E-state index contributed by atoms with van der Waals surface area (Å²) in [6, 6.07) is 17.6. The average molecular weight is 253 g/mol. The average Bonchev–Trinajstić information content (AvgIpc) is 2.46. The van der Waals surface area contributed by atoms with Gasteiger partial charge in [-0.3, -0.25) is 0 Å². The lowest BCUT2D eigenvalue weighted by Crippen LogP contribution is -2.06. The molecule has 1 unspecified atom stereocenters. The predicted octanol–water partition coefficient (Wildman–Crippen LogP) is 4.50. The van der Waals surface area contributed by atoms with Gasteiger partial charge in [0.2, 0.25) is 0 Å². The van der Waals surface area contributed by atoms with Gasteiger partial charge in [0.1, 0.15) is 0 Å². The third kappa shape index (κ3) is 3.45. The quantitative estimate of drug-likeness (QED) is 0.834. The molecule has 2 aromatic rings. The Morgan fingerprint density at radius 1 is 0.895 bits per heavy atom. The Balaban J connectivity index is 2.20. The van der Waals surface area contributed by atoms with Gasteiger partial charge in [0, 0.05) is 0 Å². The fourth-order valence-electron chi connectivity index (χ4n) is 2.50. The van der Waals surface area contributed by atoms with Crippen molar-refractivity contribution >= 4 is 0 Å². The van der Waals surface area contributed by atoms with Crippen molar-refractivity contribution in [3.05, 3.63) is 59.7 Å². The minimum absolute atomic E-state index is 0.595. The molecule has 0 spiro atoms. The van der Waals surface area contributed by atoms with Crippen LogP contribution in [0.15, 0.2) is 48.5 Å². The van der Waals surface area contributed by atoms with Crippen LogP contribution in [0.25, 0.3) is 11.1 Å². The molecule has 0 aliphatic heterocycles. The second-order valence-corrected chi connectivity index (χ2v) is 5.17. The minimum Gasteiger partial charge on any atom is -0.330 e. The summed E-state index contributed by atoms with van der Waals surface area (Å²) in [4.78, 5) is 0. The normalized spacial score (nSPS) is 12.4. The maximum atomic E-state index is 5.68. The lowest BCUT2D eigenvalue weighted by atomic mass is 9.91. The SMILES string of the molecule is CCC(CCN)c1ccc(-c2ccc(C)cc2)cc1. The summed E-state index contributed by atoms with van der Waals surface area (Å²) in [5, 5.41) is 0. The van der Waals surface area contributed by atoms with E-state index in [1.165, 1.54) is 22.3 Å². The summed E-state index contributed by atoms with van der Waals surface area (Å²) in [7, 11) is 0. The van der Waals surface area contributed by atoms with Gasteiger partial charge in [0.05, 0.1) is 0 Å². The Labute approximate surface area is 116 Å². The molecule has 2 rings (SSSR count). The summed E-state index contributed by atoms with van der Waals surface area (Å²) in [5.41, 5.74) is 10.9. The van der Waals surface area contributed by atoms with Gasteiger partial charge >= 0.3 is 0 Å². The Bertz CT molecular complexity index is 496. The van der Waals surface area contributed by atoms with Crippen LogP contribution in [-0.4, -0.2) is 6.54 Å². The molecule has 0 aliphatic rings. The van der Waals surface area contributed by atoms with Gasteiger partial charge in [-0.25, -0.2) is 0 Å². The molecule has 2 N–H and O–H groups in total. The van der Waals surface area contributed by atoms with E-state index in [2.05, 4.69) is 62.4 Å². The molecule has 0 saturated heterocycles. The molecular weight excluding hydrogens is 230 g/mol. The first-order valence-corrected chi connectivity index (χ1v) is 7.11. The number of benzene rings is 2. The van der Waals surface area contributed by atoms with E-state index in [-0.39, 0.29) is 0 Å². The fraction of sp³-hybridized carbons (Fsp3) is 0.333. The van der Waals surface area contributed by atoms with Crippen molar-refractivity contribution in [2.45, 2.75) is 32.6 Å². The summed E-state index contributed by atoms with van der Waals surface area (Å²) in [6.07, 6.45) is 2.22. The second kappa shape index (κ2) is 6.53. The maximum Gasteiger partial charge on any atom is -0.00714 e. The van der Waals surface area contributed by atoms with Gasteiger partial charge in [-0.2, -0.15) is 0 Å². The smallest absolute Gasteiger partial charge is 0.00714 e. The summed E-state index contributed by atoms with van der Waals surface area (Å²) < 4.78 is 0. The summed E-state index contributed by atoms with van der Waals surface area (Å²) in [5.74, 6) is 0.595. The Morgan fingerprint density at radius 3 is 1.89 bits per heavy atom. The molecule has 0 amide bonds. The summed E-state index contributed by atoms with van der Waals surface area (Å²) in [6.45, 7) is 5.11. The van der Waals surface area contributed by atoms with Crippen LogP contribution < -0.4 is 5.73 Å². The number of hydrogen-bond donors (Lipinski definition) is 1. The molecule has 2 aromatic carbocycles. The Morgan fingerprint density at radius 2 is 1.42 bits per heavy atom. The van der Waals surface area contributed by atoms with Crippen molar-refractivity contribution in [3.63, 3.8) is 0 Å². The van der Waals surface area contributed by atoms with Crippen LogP contribution in [0.4, 0.5) is 0 Å². The van der Waals surface area contributed by atoms with Crippen molar-refractivity contribution in [2.24, 2.45) is 5.73 Å². The molecular formula is C18H23N. The number of aryl methyl sites for hydroxylation is 1. The zero-order chi connectivity index (χ0) is 13.7.